The second-order valence-corrected chi connectivity index (χ2v) is 7.93. The van der Waals surface area contributed by atoms with Crippen LogP contribution in [0.15, 0.2) is 52.6 Å². The summed E-state index contributed by atoms with van der Waals surface area (Å²) in [5, 5.41) is -0.790. The van der Waals surface area contributed by atoms with Crippen LogP contribution in [-0.2, 0) is 10.9 Å². The Morgan fingerprint density at radius 3 is 2.46 bits per heavy atom. The predicted octanol–water partition coefficient (Wildman–Crippen LogP) is 6.10. The number of nitrogens with zero attached hydrogens (tertiary/aromatic N) is 3. The summed E-state index contributed by atoms with van der Waals surface area (Å²) in [6, 6.07) is 3.92. The highest BCUT2D eigenvalue weighted by Gasteiger charge is 2.37. The molecule has 35 heavy (non-hydrogen) atoms. The number of aliphatic imine (C=N–C) groups is 1. The summed E-state index contributed by atoms with van der Waals surface area (Å²) in [6.07, 6.45) is -0.873. The summed E-state index contributed by atoms with van der Waals surface area (Å²) in [6.45, 7) is 3.58. The molecule has 1 atom stereocenters. The maximum Gasteiger partial charge on any atom is 0.417 e. The average molecular weight is 510 g/mol. The van der Waals surface area contributed by atoms with Gasteiger partial charge in [-0.25, -0.2) is 8.78 Å². The molecule has 3 aromatic rings. The highest BCUT2D eigenvalue weighted by atomic mass is 35.5. The van der Waals surface area contributed by atoms with Crippen LogP contribution >= 0.6 is 11.6 Å². The zero-order valence-electron chi connectivity index (χ0n) is 18.3. The lowest BCUT2D eigenvalue weighted by molar-refractivity contribution is -0.137. The van der Waals surface area contributed by atoms with E-state index in [2.05, 4.69) is 9.98 Å². The van der Waals surface area contributed by atoms with Gasteiger partial charge in [-0.1, -0.05) is 17.7 Å². The first-order chi connectivity index (χ1) is 16.5. The van der Waals surface area contributed by atoms with Crippen LogP contribution in [0.1, 0.15) is 48.0 Å². The molecule has 0 bridgehead atoms. The maximum absolute atomic E-state index is 14.8. The number of hydrogen-bond donors (Lipinski definition) is 0. The van der Waals surface area contributed by atoms with E-state index < -0.39 is 51.3 Å². The number of hydrogen-bond acceptors (Lipinski definition) is 4. The predicted molar refractivity (Wildman–Crippen MR) is 121 cm³/mol. The molecule has 0 amide bonds. The highest BCUT2D eigenvalue weighted by Crippen LogP contribution is 2.41. The quantitative estimate of drug-likeness (QED) is 0.315. The smallest absolute Gasteiger partial charge is 0.417 e. The van der Waals surface area contributed by atoms with E-state index in [0.29, 0.717) is 6.61 Å². The molecule has 2 aromatic carbocycles. The third-order valence-corrected chi connectivity index (χ3v) is 5.70. The van der Waals surface area contributed by atoms with Crippen molar-refractivity contribution in [1.82, 2.24) is 9.55 Å². The first-order valence-electron chi connectivity index (χ1n) is 10.4. The minimum atomic E-state index is -4.85. The Kier molecular flexibility index (Phi) is 6.50. The fourth-order valence-electron chi connectivity index (χ4n) is 3.74. The van der Waals surface area contributed by atoms with Crippen molar-refractivity contribution in [2.45, 2.75) is 26.1 Å². The van der Waals surface area contributed by atoms with Gasteiger partial charge < -0.3 is 9.30 Å². The van der Waals surface area contributed by atoms with Gasteiger partial charge in [0.1, 0.15) is 23.5 Å². The number of fused-ring (bicyclic) bond motifs is 3. The molecule has 0 fully saturated rings. The maximum atomic E-state index is 14.8. The van der Waals surface area contributed by atoms with Crippen LogP contribution in [0.4, 0.5) is 22.0 Å². The summed E-state index contributed by atoms with van der Waals surface area (Å²) in [5.74, 6) is -2.03. The molecule has 0 spiro atoms. The third kappa shape index (κ3) is 4.45. The molecular weight excluding hydrogens is 493 g/mol. The number of halogens is 6. The van der Waals surface area contributed by atoms with Crippen LogP contribution in [0, 0.1) is 11.6 Å². The number of ether oxygens (including phenoxy) is 1. The van der Waals surface area contributed by atoms with Gasteiger partial charge in [0, 0.05) is 11.8 Å². The fourth-order valence-corrected chi connectivity index (χ4v) is 4.10. The van der Waals surface area contributed by atoms with E-state index in [0.717, 1.165) is 30.3 Å². The van der Waals surface area contributed by atoms with Crippen LogP contribution < -0.4 is 5.56 Å². The van der Waals surface area contributed by atoms with E-state index in [1.165, 1.54) is 30.0 Å². The zero-order chi connectivity index (χ0) is 25.5. The van der Waals surface area contributed by atoms with E-state index in [1.54, 1.807) is 6.92 Å². The zero-order valence-corrected chi connectivity index (χ0v) is 19.1. The standard InChI is InChI=1S/C24H17ClF5N3O2/c1-3-35-10-9-13-11-33-17-8-7-14(24(28,29)30)20(25)19(17)21(18-15(26)5-4-6-16(18)27)31-12(2)22(33)32-23(13)34/h4-12H,3H2,1-2H3/b10-9+. The van der Waals surface area contributed by atoms with Gasteiger partial charge in [-0.3, -0.25) is 9.79 Å². The SMILES string of the molecule is CCO/C=C/c1cn2c(nc1=O)C(C)N=C(c1c(F)cccc1F)c1c-2ccc(C(F)(F)F)c1Cl. The lowest BCUT2D eigenvalue weighted by atomic mass is 9.97. The van der Waals surface area contributed by atoms with E-state index >= 15 is 0 Å². The molecular formula is C24H17ClF5N3O2. The van der Waals surface area contributed by atoms with Crippen molar-refractivity contribution in [2.75, 3.05) is 6.61 Å². The summed E-state index contributed by atoms with van der Waals surface area (Å²) in [4.78, 5) is 20.9. The Hall–Kier alpha value is -3.53. The topological polar surface area (TPSA) is 56.5 Å². The van der Waals surface area contributed by atoms with Crippen LogP contribution in [0.2, 0.25) is 5.02 Å². The second-order valence-electron chi connectivity index (χ2n) is 7.56. The molecule has 4 rings (SSSR count). The van der Waals surface area contributed by atoms with Crippen molar-refractivity contribution in [3.8, 4) is 5.69 Å². The van der Waals surface area contributed by atoms with Crippen molar-refractivity contribution < 1.29 is 26.7 Å². The number of aromatic nitrogens is 2. The molecule has 1 aromatic heterocycles. The van der Waals surface area contributed by atoms with Gasteiger partial charge >= 0.3 is 6.18 Å². The number of rotatable bonds is 4. The van der Waals surface area contributed by atoms with Crippen molar-refractivity contribution in [2.24, 2.45) is 4.99 Å². The van der Waals surface area contributed by atoms with Gasteiger partial charge in [0.25, 0.3) is 5.56 Å². The van der Waals surface area contributed by atoms with Crippen molar-refractivity contribution >= 4 is 23.4 Å². The van der Waals surface area contributed by atoms with Crippen LogP contribution in [0.5, 0.6) is 0 Å². The van der Waals surface area contributed by atoms with E-state index in [9.17, 15) is 26.7 Å². The molecule has 11 heteroatoms. The van der Waals surface area contributed by atoms with Crippen molar-refractivity contribution in [3.63, 3.8) is 0 Å². The van der Waals surface area contributed by atoms with Gasteiger partial charge in [0.05, 0.1) is 46.0 Å². The van der Waals surface area contributed by atoms with E-state index in [1.807, 2.05) is 0 Å². The molecule has 0 saturated carbocycles. The highest BCUT2D eigenvalue weighted by molar-refractivity contribution is 6.37. The number of alkyl halides is 3. The second kappa shape index (κ2) is 9.26. The summed E-state index contributed by atoms with van der Waals surface area (Å²) in [7, 11) is 0. The summed E-state index contributed by atoms with van der Waals surface area (Å²) < 4.78 is 77.2. The normalized spacial score (nSPS) is 15.4. The van der Waals surface area contributed by atoms with E-state index in [-0.39, 0.29) is 22.6 Å². The Balaban J connectivity index is 2.11. The first kappa shape index (κ1) is 24.6. The lowest BCUT2D eigenvalue weighted by Crippen LogP contribution is -2.20. The van der Waals surface area contributed by atoms with Gasteiger partial charge in [-0.15, -0.1) is 0 Å². The molecule has 1 unspecified atom stereocenters. The molecule has 1 aliphatic heterocycles. The van der Waals surface area contributed by atoms with Crippen molar-refractivity contribution in [1.29, 1.82) is 0 Å². The molecule has 2 heterocycles. The minimum Gasteiger partial charge on any atom is -0.501 e. The Morgan fingerprint density at radius 1 is 1.14 bits per heavy atom. The Labute approximate surface area is 201 Å². The van der Waals surface area contributed by atoms with Crippen LogP contribution in [0.3, 0.4) is 0 Å². The first-order valence-corrected chi connectivity index (χ1v) is 10.8. The summed E-state index contributed by atoms with van der Waals surface area (Å²) >= 11 is 6.25. The molecule has 182 valence electrons. The molecule has 0 saturated heterocycles. The van der Waals surface area contributed by atoms with Crippen LogP contribution in [-0.4, -0.2) is 21.9 Å². The average Bonchev–Trinajstić information content (AvgIpc) is 2.89. The van der Waals surface area contributed by atoms with Crippen LogP contribution in [0.25, 0.3) is 11.8 Å². The van der Waals surface area contributed by atoms with Gasteiger partial charge in [0.15, 0.2) is 0 Å². The molecule has 1 aliphatic rings. The summed E-state index contributed by atoms with van der Waals surface area (Å²) in [5.41, 5.74) is -3.18. The largest absolute Gasteiger partial charge is 0.501 e. The lowest BCUT2D eigenvalue weighted by Gasteiger charge is -2.19. The number of benzene rings is 2. The molecule has 0 N–H and O–H groups in total. The Bertz CT molecular complexity index is 1410. The monoisotopic (exact) mass is 509 g/mol. The molecule has 5 nitrogen and oxygen atoms in total. The third-order valence-electron chi connectivity index (χ3n) is 5.31. The fraction of sp³-hybridized carbons (Fsp3) is 0.208. The van der Waals surface area contributed by atoms with Gasteiger partial charge in [-0.2, -0.15) is 18.2 Å². The minimum absolute atomic E-state index is 0.0160. The Morgan fingerprint density at radius 2 is 1.83 bits per heavy atom. The van der Waals surface area contributed by atoms with Gasteiger partial charge in [0.2, 0.25) is 0 Å². The van der Waals surface area contributed by atoms with E-state index in [4.69, 9.17) is 16.3 Å². The molecule has 0 radical (unpaired) electrons. The molecule has 0 aliphatic carbocycles. The van der Waals surface area contributed by atoms with Crippen molar-refractivity contribution in [3.05, 3.63) is 97.9 Å². The van der Waals surface area contributed by atoms with Gasteiger partial charge in [-0.05, 0) is 44.2 Å².